The molecule has 0 unspecified atom stereocenters. The Balaban J connectivity index is 2.26. The third-order valence-corrected chi connectivity index (χ3v) is 2.66. The molecule has 1 aromatic carbocycles. The molecule has 0 saturated carbocycles. The van der Waals surface area contributed by atoms with Crippen LogP contribution in [0.1, 0.15) is 0 Å². The first-order valence-electron chi connectivity index (χ1n) is 5.39. The van der Waals surface area contributed by atoms with Gasteiger partial charge in [-0.3, -0.25) is 9.78 Å². The van der Waals surface area contributed by atoms with Crippen LogP contribution >= 0.6 is 0 Å². The summed E-state index contributed by atoms with van der Waals surface area (Å²) in [6, 6.07) is 4.61. The van der Waals surface area contributed by atoms with E-state index in [1.165, 1.54) is 6.07 Å². The van der Waals surface area contributed by atoms with Gasteiger partial charge in [0.15, 0.2) is 11.2 Å². The van der Waals surface area contributed by atoms with Crippen LogP contribution in [0.25, 0.3) is 22.6 Å². The van der Waals surface area contributed by atoms with Gasteiger partial charge in [0.05, 0.1) is 5.56 Å². The second kappa shape index (κ2) is 3.73. The minimum Gasteiger partial charge on any atom is -0.507 e. The number of aromatic nitrogens is 4. The first-order valence-corrected chi connectivity index (χ1v) is 5.39. The zero-order valence-corrected chi connectivity index (χ0v) is 9.64. The Bertz CT molecular complexity index is 835. The van der Waals surface area contributed by atoms with Crippen LogP contribution in [-0.2, 0) is 0 Å². The molecule has 96 valence electrons. The number of nitrogens with zero attached hydrogens (tertiary/aromatic N) is 2. The number of aromatic hydroxyl groups is 1. The van der Waals surface area contributed by atoms with Crippen molar-refractivity contribution in [2.75, 3.05) is 11.5 Å². The number of anilines is 2. The number of nitrogen functional groups attached to an aromatic ring is 2. The van der Waals surface area contributed by atoms with Gasteiger partial charge in [-0.25, -0.2) is 4.98 Å². The second-order valence-corrected chi connectivity index (χ2v) is 4.01. The molecule has 0 aliphatic rings. The van der Waals surface area contributed by atoms with E-state index in [4.69, 9.17) is 11.5 Å². The molecule has 3 rings (SSSR count). The molecule has 0 spiro atoms. The first-order chi connectivity index (χ1) is 9.04. The number of aromatic amines is 2. The molecule has 0 saturated heterocycles. The fraction of sp³-hybridized carbons (Fsp3) is 0. The molecule has 0 fully saturated rings. The van der Waals surface area contributed by atoms with Gasteiger partial charge >= 0.3 is 0 Å². The first kappa shape index (κ1) is 11.1. The number of hydrogen-bond acceptors (Lipinski definition) is 6. The lowest BCUT2D eigenvalue weighted by atomic mass is 10.2. The monoisotopic (exact) mass is 258 g/mol. The van der Waals surface area contributed by atoms with Gasteiger partial charge in [0.1, 0.15) is 11.6 Å². The van der Waals surface area contributed by atoms with E-state index in [2.05, 4.69) is 19.9 Å². The van der Waals surface area contributed by atoms with E-state index in [0.717, 1.165) is 0 Å². The second-order valence-electron chi connectivity index (χ2n) is 4.01. The molecule has 8 nitrogen and oxygen atoms in total. The Hall–Kier alpha value is -3.03. The Morgan fingerprint density at radius 1 is 1.16 bits per heavy atom. The number of hydrogen-bond donors (Lipinski definition) is 5. The molecule has 2 heterocycles. The summed E-state index contributed by atoms with van der Waals surface area (Å²) in [7, 11) is 0. The highest BCUT2D eigenvalue weighted by atomic mass is 16.3. The normalized spacial score (nSPS) is 10.9. The number of fused-ring (bicyclic) bond motifs is 1. The summed E-state index contributed by atoms with van der Waals surface area (Å²) in [6.07, 6.45) is 0. The minimum atomic E-state index is -0.420. The third kappa shape index (κ3) is 1.75. The number of nitrogens with two attached hydrogens (primary N) is 2. The smallest absolute Gasteiger partial charge is 0.278 e. The van der Waals surface area contributed by atoms with Crippen LogP contribution in [0.3, 0.4) is 0 Å². The topological polar surface area (TPSA) is 147 Å². The molecule has 0 radical (unpaired) electrons. The van der Waals surface area contributed by atoms with Crippen LogP contribution in [0.2, 0.25) is 0 Å². The summed E-state index contributed by atoms with van der Waals surface area (Å²) < 4.78 is 0. The predicted molar refractivity (Wildman–Crippen MR) is 70.4 cm³/mol. The van der Waals surface area contributed by atoms with Gasteiger partial charge in [0.25, 0.3) is 5.56 Å². The van der Waals surface area contributed by atoms with Gasteiger partial charge in [0, 0.05) is 11.8 Å². The average molecular weight is 258 g/mol. The highest BCUT2D eigenvalue weighted by molar-refractivity contribution is 5.78. The number of rotatable bonds is 1. The molecular weight excluding hydrogens is 248 g/mol. The van der Waals surface area contributed by atoms with Crippen molar-refractivity contribution in [3.05, 3.63) is 28.6 Å². The van der Waals surface area contributed by atoms with Crippen molar-refractivity contribution in [2.45, 2.75) is 0 Å². The summed E-state index contributed by atoms with van der Waals surface area (Å²) in [5.74, 6) is 0.261. The van der Waals surface area contributed by atoms with E-state index < -0.39 is 5.56 Å². The third-order valence-electron chi connectivity index (χ3n) is 2.66. The van der Waals surface area contributed by atoms with E-state index in [1.54, 1.807) is 12.1 Å². The van der Waals surface area contributed by atoms with Crippen molar-refractivity contribution in [3.8, 4) is 17.1 Å². The van der Waals surface area contributed by atoms with Gasteiger partial charge in [0.2, 0.25) is 5.95 Å². The fourth-order valence-electron chi connectivity index (χ4n) is 1.80. The van der Waals surface area contributed by atoms with Crippen LogP contribution < -0.4 is 17.0 Å². The van der Waals surface area contributed by atoms with E-state index in [-0.39, 0.29) is 22.9 Å². The number of imidazole rings is 1. The quantitative estimate of drug-likeness (QED) is 0.393. The SMILES string of the molecule is Nc1ccc(-c2nc3nc(N)[nH]c(=O)c3[nH]2)c(O)c1. The van der Waals surface area contributed by atoms with Crippen molar-refractivity contribution in [2.24, 2.45) is 0 Å². The molecular formula is C11H10N6O2. The number of nitrogens with one attached hydrogen (secondary N) is 2. The highest BCUT2D eigenvalue weighted by Gasteiger charge is 2.13. The summed E-state index contributed by atoms with van der Waals surface area (Å²) in [4.78, 5) is 24.8. The molecule has 0 aliphatic heterocycles. The van der Waals surface area contributed by atoms with E-state index in [9.17, 15) is 9.90 Å². The Morgan fingerprint density at radius 2 is 1.95 bits per heavy atom. The van der Waals surface area contributed by atoms with Crippen molar-refractivity contribution < 1.29 is 5.11 Å². The van der Waals surface area contributed by atoms with Crippen molar-refractivity contribution in [3.63, 3.8) is 0 Å². The average Bonchev–Trinajstić information content (AvgIpc) is 2.72. The lowest BCUT2D eigenvalue weighted by molar-refractivity contribution is 0.477. The maximum Gasteiger partial charge on any atom is 0.278 e. The molecule has 19 heavy (non-hydrogen) atoms. The lowest BCUT2D eigenvalue weighted by Gasteiger charge is -2.01. The Morgan fingerprint density at radius 3 is 2.68 bits per heavy atom. The maximum atomic E-state index is 11.7. The van der Waals surface area contributed by atoms with Crippen molar-refractivity contribution in [1.29, 1.82) is 0 Å². The Kier molecular flexibility index (Phi) is 2.18. The predicted octanol–water partition coefficient (Wildman–Crippen LogP) is 0.183. The maximum absolute atomic E-state index is 11.7. The standard InChI is InChI=1S/C11H10N6O2/c12-4-1-2-5(6(18)3-4)8-14-7-9(15-8)16-11(13)17-10(7)19/h1-3,18H,12H2,(H4,13,14,15,16,17,19). The summed E-state index contributed by atoms with van der Waals surface area (Å²) in [6.45, 7) is 0. The minimum absolute atomic E-state index is 0.0166. The van der Waals surface area contributed by atoms with Crippen molar-refractivity contribution >= 4 is 22.8 Å². The molecule has 0 bridgehead atoms. The molecule has 2 aromatic heterocycles. The van der Waals surface area contributed by atoms with Gasteiger partial charge in [-0.2, -0.15) is 4.98 Å². The summed E-state index contributed by atoms with van der Waals surface area (Å²) in [5, 5.41) is 9.82. The molecule has 7 N–H and O–H groups in total. The number of H-pyrrole nitrogens is 2. The van der Waals surface area contributed by atoms with Gasteiger partial charge < -0.3 is 21.6 Å². The molecule has 3 aromatic rings. The number of benzene rings is 1. The number of phenols is 1. The summed E-state index contributed by atoms with van der Waals surface area (Å²) in [5.41, 5.74) is 11.8. The zero-order valence-electron chi connectivity index (χ0n) is 9.64. The van der Waals surface area contributed by atoms with Crippen molar-refractivity contribution in [1.82, 2.24) is 19.9 Å². The zero-order chi connectivity index (χ0) is 13.6. The van der Waals surface area contributed by atoms with E-state index >= 15 is 0 Å². The fourth-order valence-corrected chi connectivity index (χ4v) is 1.80. The van der Waals surface area contributed by atoms with Gasteiger partial charge in [-0.1, -0.05) is 0 Å². The van der Waals surface area contributed by atoms with Crippen LogP contribution in [0.4, 0.5) is 11.6 Å². The lowest BCUT2D eigenvalue weighted by Crippen LogP contribution is -2.10. The van der Waals surface area contributed by atoms with Crippen LogP contribution in [0.15, 0.2) is 23.0 Å². The molecule has 0 atom stereocenters. The van der Waals surface area contributed by atoms with Crippen LogP contribution in [-0.4, -0.2) is 25.0 Å². The largest absolute Gasteiger partial charge is 0.507 e. The molecule has 0 aliphatic carbocycles. The van der Waals surface area contributed by atoms with Crippen LogP contribution in [0.5, 0.6) is 5.75 Å². The Labute approximate surface area is 106 Å². The highest BCUT2D eigenvalue weighted by Crippen LogP contribution is 2.29. The molecule has 8 heteroatoms. The number of phenolic OH excluding ortho intramolecular Hbond substituents is 1. The van der Waals surface area contributed by atoms with E-state index in [1.807, 2.05) is 0 Å². The van der Waals surface area contributed by atoms with Gasteiger partial charge in [-0.15, -0.1) is 0 Å². The van der Waals surface area contributed by atoms with Gasteiger partial charge in [-0.05, 0) is 12.1 Å². The summed E-state index contributed by atoms with van der Waals surface area (Å²) >= 11 is 0. The molecule has 0 amide bonds. The van der Waals surface area contributed by atoms with E-state index in [0.29, 0.717) is 17.1 Å². The van der Waals surface area contributed by atoms with Crippen LogP contribution in [0, 0.1) is 0 Å².